The van der Waals surface area contributed by atoms with Crippen molar-refractivity contribution in [3.63, 3.8) is 0 Å². The quantitative estimate of drug-likeness (QED) is 0.323. The van der Waals surface area contributed by atoms with Gasteiger partial charge in [0.25, 0.3) is 11.1 Å². The van der Waals surface area contributed by atoms with Crippen molar-refractivity contribution in [2.45, 2.75) is 11.1 Å². The van der Waals surface area contributed by atoms with Gasteiger partial charge in [-0.15, -0.1) is 0 Å². The molecule has 0 aliphatic heterocycles. The SMILES string of the molecule is COC(OC)(c1ccc(-c2ccc(C(OC)(OC)P(=O)(O)O)cc2)cc1)P(=O)(O)O. The summed E-state index contributed by atoms with van der Waals surface area (Å²) in [7, 11) is -5.09. The molecule has 0 saturated carbocycles. The summed E-state index contributed by atoms with van der Waals surface area (Å²) in [5.74, 6) is 0. The van der Waals surface area contributed by atoms with Gasteiger partial charge in [-0.2, -0.15) is 0 Å². The van der Waals surface area contributed by atoms with Gasteiger partial charge in [0.05, 0.1) is 0 Å². The lowest BCUT2D eigenvalue weighted by Gasteiger charge is -2.31. The van der Waals surface area contributed by atoms with Crippen LogP contribution in [0.2, 0.25) is 0 Å². The van der Waals surface area contributed by atoms with Crippen LogP contribution in [0.15, 0.2) is 48.5 Å². The fourth-order valence-electron chi connectivity index (χ4n) is 3.20. The first kappa shape index (κ1) is 24.8. The zero-order valence-electron chi connectivity index (χ0n) is 16.8. The van der Waals surface area contributed by atoms with Gasteiger partial charge in [0.15, 0.2) is 0 Å². The molecule has 0 saturated heterocycles. The number of benzene rings is 2. The van der Waals surface area contributed by atoms with Crippen LogP contribution in [0.25, 0.3) is 11.1 Å². The van der Waals surface area contributed by atoms with Crippen molar-refractivity contribution in [2.24, 2.45) is 0 Å². The van der Waals surface area contributed by atoms with Crippen LogP contribution in [0.3, 0.4) is 0 Å². The molecule has 2 rings (SSSR count). The molecule has 0 spiro atoms. The molecular weight excluding hydrogens is 438 g/mol. The molecule has 0 unspecified atom stereocenters. The minimum atomic E-state index is -4.81. The number of ether oxygens (including phenoxy) is 4. The van der Waals surface area contributed by atoms with Gasteiger partial charge in [-0.05, 0) is 11.1 Å². The molecule has 0 aliphatic carbocycles. The Morgan fingerprint density at radius 3 is 0.967 bits per heavy atom. The maximum atomic E-state index is 11.9. The van der Waals surface area contributed by atoms with Gasteiger partial charge >= 0.3 is 15.2 Å². The molecule has 4 N–H and O–H groups in total. The average molecular weight is 462 g/mol. The number of rotatable bonds is 9. The highest BCUT2D eigenvalue weighted by molar-refractivity contribution is 7.53. The normalized spacial score (nSPS) is 13.5. The van der Waals surface area contributed by atoms with Crippen molar-refractivity contribution in [3.8, 4) is 11.1 Å². The largest absolute Gasteiger partial charge is 0.389 e. The third-order valence-electron chi connectivity index (χ3n) is 4.71. The third-order valence-corrected chi connectivity index (χ3v) is 7.49. The second kappa shape index (κ2) is 8.98. The summed E-state index contributed by atoms with van der Waals surface area (Å²) in [5, 5.41) is 0. The summed E-state index contributed by atoms with van der Waals surface area (Å²) in [6.45, 7) is 0. The summed E-state index contributed by atoms with van der Waals surface area (Å²) in [4.78, 5) is 38.6. The molecule has 0 radical (unpaired) electrons. The number of hydrogen-bond acceptors (Lipinski definition) is 6. The van der Waals surface area contributed by atoms with Crippen molar-refractivity contribution in [1.82, 2.24) is 0 Å². The molecule has 0 heterocycles. The molecule has 2 aromatic carbocycles. The van der Waals surface area contributed by atoms with Gasteiger partial charge in [-0.25, -0.2) is 0 Å². The van der Waals surface area contributed by atoms with Crippen LogP contribution in [-0.2, 0) is 39.1 Å². The van der Waals surface area contributed by atoms with Crippen molar-refractivity contribution < 1.29 is 47.7 Å². The van der Waals surface area contributed by atoms with Crippen LogP contribution in [0, 0.1) is 0 Å². The third kappa shape index (κ3) is 4.17. The van der Waals surface area contributed by atoms with E-state index in [1.807, 2.05) is 0 Å². The van der Waals surface area contributed by atoms with Gasteiger partial charge in [-0.3, -0.25) is 9.13 Å². The van der Waals surface area contributed by atoms with Crippen LogP contribution in [0.1, 0.15) is 11.1 Å². The smallest absolute Gasteiger partial charge is 0.340 e. The van der Waals surface area contributed by atoms with Crippen molar-refractivity contribution >= 4 is 15.2 Å². The Hall–Kier alpha value is -1.42. The molecule has 2 aromatic rings. The van der Waals surface area contributed by atoms with Crippen LogP contribution < -0.4 is 0 Å². The van der Waals surface area contributed by atoms with Crippen LogP contribution in [-0.4, -0.2) is 48.0 Å². The zero-order chi connectivity index (χ0) is 22.8. The minimum Gasteiger partial charge on any atom is -0.340 e. The zero-order valence-corrected chi connectivity index (χ0v) is 18.5. The van der Waals surface area contributed by atoms with Crippen molar-refractivity contribution in [2.75, 3.05) is 28.4 Å². The summed E-state index contributed by atoms with van der Waals surface area (Å²) in [6.07, 6.45) is 0. The Bertz CT molecular complexity index is 858. The Kier molecular flexibility index (Phi) is 7.44. The van der Waals surface area contributed by atoms with Gasteiger partial charge in [0, 0.05) is 39.6 Å². The predicted octanol–water partition coefficient (Wildman–Crippen LogP) is 2.52. The van der Waals surface area contributed by atoms with E-state index in [-0.39, 0.29) is 11.1 Å². The summed E-state index contributed by atoms with van der Waals surface area (Å²) < 4.78 is 43.8. The molecule has 166 valence electrons. The summed E-state index contributed by atoms with van der Waals surface area (Å²) in [5.41, 5.74) is -2.85. The molecule has 10 nitrogen and oxygen atoms in total. The average Bonchev–Trinajstić information content (AvgIpc) is 2.69. The second-order valence-corrected chi connectivity index (χ2v) is 9.58. The van der Waals surface area contributed by atoms with E-state index in [9.17, 15) is 28.7 Å². The Balaban J connectivity index is 2.43. The highest BCUT2D eigenvalue weighted by Gasteiger charge is 2.51. The van der Waals surface area contributed by atoms with E-state index >= 15 is 0 Å². The van der Waals surface area contributed by atoms with E-state index in [0.717, 1.165) is 28.4 Å². The lowest BCUT2D eigenvalue weighted by atomic mass is 10.0. The van der Waals surface area contributed by atoms with Crippen LogP contribution in [0.4, 0.5) is 0 Å². The van der Waals surface area contributed by atoms with E-state index in [1.165, 1.54) is 24.3 Å². The molecule has 0 amide bonds. The first-order chi connectivity index (χ1) is 13.9. The maximum absolute atomic E-state index is 11.9. The van der Waals surface area contributed by atoms with Crippen molar-refractivity contribution in [1.29, 1.82) is 0 Å². The van der Waals surface area contributed by atoms with Crippen molar-refractivity contribution in [3.05, 3.63) is 59.7 Å². The van der Waals surface area contributed by atoms with Crippen LogP contribution in [0.5, 0.6) is 0 Å². The molecule has 30 heavy (non-hydrogen) atoms. The molecule has 0 atom stereocenters. The van der Waals surface area contributed by atoms with Crippen LogP contribution >= 0.6 is 15.2 Å². The van der Waals surface area contributed by atoms with E-state index in [0.29, 0.717) is 11.1 Å². The fraction of sp³-hybridized carbons (Fsp3) is 0.333. The standard InChI is InChI=1S/C18H24O10P2/c1-25-17(26-2,29(19,20)21)15-9-5-13(6-10-15)14-7-11-16(12-8-14)18(27-3,28-4)30(22,23)24/h5-12H,1-4H3,(H2,19,20,21)(H2,22,23,24). The molecule has 0 aliphatic rings. The topological polar surface area (TPSA) is 152 Å². The first-order valence-electron chi connectivity index (χ1n) is 8.45. The molecule has 0 fully saturated rings. The van der Waals surface area contributed by atoms with Gasteiger partial charge in [-0.1, -0.05) is 48.5 Å². The molecule has 0 bridgehead atoms. The van der Waals surface area contributed by atoms with E-state index in [4.69, 9.17) is 18.9 Å². The summed E-state index contributed by atoms with van der Waals surface area (Å²) in [6, 6.07) is 12.3. The Morgan fingerprint density at radius 2 is 0.800 bits per heavy atom. The lowest BCUT2D eigenvalue weighted by Crippen LogP contribution is -2.30. The summed E-state index contributed by atoms with van der Waals surface area (Å²) >= 11 is 0. The maximum Gasteiger partial charge on any atom is 0.389 e. The fourth-order valence-corrected chi connectivity index (χ4v) is 5.12. The Labute approximate surface area is 173 Å². The highest BCUT2D eigenvalue weighted by atomic mass is 31.2. The van der Waals surface area contributed by atoms with E-state index in [1.54, 1.807) is 24.3 Å². The predicted molar refractivity (Wildman–Crippen MR) is 107 cm³/mol. The minimum absolute atomic E-state index is 0.125. The lowest BCUT2D eigenvalue weighted by molar-refractivity contribution is -0.162. The monoisotopic (exact) mass is 462 g/mol. The van der Waals surface area contributed by atoms with Gasteiger partial charge in [0.1, 0.15) is 0 Å². The van der Waals surface area contributed by atoms with Gasteiger partial charge in [0.2, 0.25) is 0 Å². The second-order valence-electron chi connectivity index (χ2n) is 6.22. The number of hydrogen-bond donors (Lipinski definition) is 4. The molecule has 12 heteroatoms. The molecular formula is C18H24O10P2. The Morgan fingerprint density at radius 1 is 0.567 bits per heavy atom. The van der Waals surface area contributed by atoms with E-state index in [2.05, 4.69) is 0 Å². The van der Waals surface area contributed by atoms with Gasteiger partial charge < -0.3 is 38.5 Å². The number of methoxy groups -OCH3 is 4. The molecule has 0 aromatic heterocycles. The van der Waals surface area contributed by atoms with E-state index < -0.39 is 26.2 Å². The highest BCUT2D eigenvalue weighted by Crippen LogP contribution is 2.59. The first-order valence-corrected chi connectivity index (χ1v) is 11.7.